The van der Waals surface area contributed by atoms with Crippen molar-refractivity contribution in [3.05, 3.63) is 23.8 Å². The summed E-state index contributed by atoms with van der Waals surface area (Å²) in [5.74, 6) is -0.0165. The Balaban J connectivity index is 2.66. The lowest BCUT2D eigenvalue weighted by Gasteiger charge is -2.37. The topological polar surface area (TPSA) is 58.4 Å². The highest BCUT2D eigenvalue weighted by Gasteiger charge is 2.37. The van der Waals surface area contributed by atoms with Gasteiger partial charge in [0.05, 0.1) is 17.4 Å². The maximum atomic E-state index is 12.0. The molecule has 0 fully saturated rings. The molecule has 0 aliphatic carbocycles. The Bertz CT molecular complexity index is 468. The molecule has 1 atom stereocenters. The van der Waals surface area contributed by atoms with Gasteiger partial charge in [-0.05, 0) is 39.4 Å². The van der Waals surface area contributed by atoms with Gasteiger partial charge >= 0.3 is 0 Å². The van der Waals surface area contributed by atoms with Crippen LogP contribution in [0.15, 0.2) is 18.2 Å². The van der Waals surface area contributed by atoms with Crippen LogP contribution in [0.4, 0.5) is 11.4 Å². The predicted octanol–water partition coefficient (Wildman–Crippen LogP) is 1.78. The second-order valence-electron chi connectivity index (χ2n) is 5.10. The van der Waals surface area contributed by atoms with Crippen LogP contribution in [0.1, 0.15) is 26.3 Å². The Hall–Kier alpha value is -1.55. The summed E-state index contributed by atoms with van der Waals surface area (Å²) in [5, 5.41) is 2.92. The smallest absolute Gasteiger partial charge is 0.241 e. The van der Waals surface area contributed by atoms with E-state index in [1.807, 2.05) is 32.2 Å². The standard InChI is InChI=1S/C13H19N3O/c1-8-12(17)15-11-9(6-5-7-10(11)14)13(2,3)16(8)4/h5-8H,14H2,1-4H3,(H,15,17). The summed E-state index contributed by atoms with van der Waals surface area (Å²) in [6, 6.07) is 5.56. The number of rotatable bonds is 0. The Kier molecular flexibility index (Phi) is 2.62. The third-order valence-electron chi connectivity index (χ3n) is 3.85. The first kappa shape index (κ1) is 11.9. The van der Waals surface area contributed by atoms with E-state index in [4.69, 9.17) is 5.73 Å². The number of hydrogen-bond acceptors (Lipinski definition) is 3. The zero-order valence-electron chi connectivity index (χ0n) is 10.7. The Labute approximate surface area is 102 Å². The molecule has 0 radical (unpaired) electrons. The molecule has 0 aromatic heterocycles. The maximum Gasteiger partial charge on any atom is 0.241 e. The highest BCUT2D eigenvalue weighted by Crippen LogP contribution is 2.38. The van der Waals surface area contributed by atoms with Crippen molar-refractivity contribution in [3.63, 3.8) is 0 Å². The quantitative estimate of drug-likeness (QED) is 0.671. The number of nitrogens with zero attached hydrogens (tertiary/aromatic N) is 1. The van der Waals surface area contributed by atoms with E-state index in [2.05, 4.69) is 24.1 Å². The van der Waals surface area contributed by atoms with Crippen molar-refractivity contribution in [2.45, 2.75) is 32.4 Å². The monoisotopic (exact) mass is 233 g/mol. The van der Waals surface area contributed by atoms with Gasteiger partial charge in [-0.3, -0.25) is 9.69 Å². The number of fused-ring (bicyclic) bond motifs is 1. The van der Waals surface area contributed by atoms with E-state index in [0.29, 0.717) is 5.69 Å². The number of anilines is 2. The molecule has 17 heavy (non-hydrogen) atoms. The third kappa shape index (κ3) is 1.69. The first-order valence-corrected chi connectivity index (χ1v) is 5.78. The number of hydrogen-bond donors (Lipinski definition) is 2. The minimum absolute atomic E-state index is 0.0165. The zero-order chi connectivity index (χ0) is 12.8. The van der Waals surface area contributed by atoms with E-state index < -0.39 is 0 Å². The molecule has 4 heteroatoms. The summed E-state index contributed by atoms with van der Waals surface area (Å²) in [7, 11) is 1.96. The number of nitrogen functional groups attached to an aromatic ring is 1. The fraction of sp³-hybridized carbons (Fsp3) is 0.462. The lowest BCUT2D eigenvalue weighted by atomic mass is 9.90. The molecule has 1 aromatic rings. The first-order valence-electron chi connectivity index (χ1n) is 5.78. The molecule has 2 rings (SSSR count). The second-order valence-corrected chi connectivity index (χ2v) is 5.10. The number of para-hydroxylation sites is 1. The normalized spacial score (nSPS) is 23.8. The molecular formula is C13H19N3O. The van der Waals surface area contributed by atoms with Gasteiger partial charge in [0.15, 0.2) is 0 Å². The number of carbonyl (C=O) groups excluding carboxylic acids is 1. The minimum Gasteiger partial charge on any atom is -0.397 e. The van der Waals surface area contributed by atoms with Gasteiger partial charge in [0, 0.05) is 5.54 Å². The highest BCUT2D eigenvalue weighted by atomic mass is 16.2. The summed E-state index contributed by atoms with van der Waals surface area (Å²) in [6.07, 6.45) is 0. The Morgan fingerprint density at radius 1 is 1.41 bits per heavy atom. The van der Waals surface area contributed by atoms with E-state index in [-0.39, 0.29) is 17.5 Å². The SMILES string of the molecule is CC1C(=O)Nc2c(N)cccc2C(C)(C)N1C. The lowest BCUT2D eigenvalue weighted by molar-refractivity contribution is -0.121. The number of likely N-dealkylation sites (N-methyl/N-ethyl adjacent to an activating group) is 1. The molecule has 1 unspecified atom stereocenters. The summed E-state index contributed by atoms with van der Waals surface area (Å²) in [6.45, 7) is 6.10. The highest BCUT2D eigenvalue weighted by molar-refractivity contribution is 5.99. The van der Waals surface area contributed by atoms with Gasteiger partial charge in [-0.15, -0.1) is 0 Å². The van der Waals surface area contributed by atoms with E-state index in [0.717, 1.165) is 11.3 Å². The van der Waals surface area contributed by atoms with Crippen LogP contribution in [0.2, 0.25) is 0 Å². The van der Waals surface area contributed by atoms with Crippen LogP contribution in [0.25, 0.3) is 0 Å². The molecule has 92 valence electrons. The van der Waals surface area contributed by atoms with Crippen molar-refractivity contribution < 1.29 is 4.79 Å². The van der Waals surface area contributed by atoms with Gasteiger partial charge in [0.25, 0.3) is 0 Å². The van der Waals surface area contributed by atoms with Crippen LogP contribution in [0.3, 0.4) is 0 Å². The minimum atomic E-state index is -0.233. The van der Waals surface area contributed by atoms with Crippen LogP contribution in [0.5, 0.6) is 0 Å². The number of carbonyl (C=O) groups is 1. The van der Waals surface area contributed by atoms with Crippen LogP contribution in [-0.2, 0) is 10.3 Å². The molecule has 0 bridgehead atoms. The van der Waals surface area contributed by atoms with Gasteiger partial charge in [-0.2, -0.15) is 0 Å². The molecule has 0 spiro atoms. The van der Waals surface area contributed by atoms with Gasteiger partial charge in [-0.1, -0.05) is 12.1 Å². The number of amides is 1. The van der Waals surface area contributed by atoms with Crippen LogP contribution >= 0.6 is 0 Å². The molecule has 1 amide bonds. The average Bonchev–Trinajstić information content (AvgIpc) is 2.33. The van der Waals surface area contributed by atoms with Crippen molar-refractivity contribution in [2.75, 3.05) is 18.1 Å². The third-order valence-corrected chi connectivity index (χ3v) is 3.85. The van der Waals surface area contributed by atoms with Gasteiger partial charge in [-0.25, -0.2) is 0 Å². The average molecular weight is 233 g/mol. The predicted molar refractivity (Wildman–Crippen MR) is 69.7 cm³/mol. The van der Waals surface area contributed by atoms with Gasteiger partial charge in [0.1, 0.15) is 0 Å². The molecule has 0 saturated carbocycles. The van der Waals surface area contributed by atoms with E-state index >= 15 is 0 Å². The molecule has 0 saturated heterocycles. The lowest BCUT2D eigenvalue weighted by Crippen LogP contribution is -2.46. The van der Waals surface area contributed by atoms with E-state index in [1.165, 1.54) is 0 Å². The summed E-state index contributed by atoms with van der Waals surface area (Å²) in [5.41, 5.74) is 8.14. The maximum absolute atomic E-state index is 12.0. The van der Waals surface area contributed by atoms with Crippen molar-refractivity contribution in [1.82, 2.24) is 4.90 Å². The fourth-order valence-corrected chi connectivity index (χ4v) is 2.30. The van der Waals surface area contributed by atoms with Crippen LogP contribution in [-0.4, -0.2) is 23.9 Å². The number of nitrogens with one attached hydrogen (secondary N) is 1. The molecule has 1 aromatic carbocycles. The first-order chi connectivity index (χ1) is 7.85. The fourth-order valence-electron chi connectivity index (χ4n) is 2.30. The van der Waals surface area contributed by atoms with Gasteiger partial charge < -0.3 is 11.1 Å². The number of nitrogens with two attached hydrogens (primary N) is 1. The molecule has 1 aliphatic rings. The summed E-state index contributed by atoms with van der Waals surface area (Å²) in [4.78, 5) is 14.1. The Morgan fingerprint density at radius 2 is 2.06 bits per heavy atom. The Morgan fingerprint density at radius 3 is 2.71 bits per heavy atom. The van der Waals surface area contributed by atoms with Crippen molar-refractivity contribution in [1.29, 1.82) is 0 Å². The van der Waals surface area contributed by atoms with Crippen molar-refractivity contribution >= 4 is 17.3 Å². The number of benzene rings is 1. The summed E-state index contributed by atoms with van der Waals surface area (Å²) >= 11 is 0. The van der Waals surface area contributed by atoms with Crippen LogP contribution in [0, 0.1) is 0 Å². The van der Waals surface area contributed by atoms with Gasteiger partial charge in [0.2, 0.25) is 5.91 Å². The molecular weight excluding hydrogens is 214 g/mol. The summed E-state index contributed by atoms with van der Waals surface area (Å²) < 4.78 is 0. The van der Waals surface area contributed by atoms with Crippen molar-refractivity contribution in [2.24, 2.45) is 0 Å². The molecule has 4 nitrogen and oxygen atoms in total. The van der Waals surface area contributed by atoms with E-state index in [1.54, 1.807) is 0 Å². The largest absolute Gasteiger partial charge is 0.397 e. The second kappa shape index (κ2) is 3.74. The molecule has 1 heterocycles. The van der Waals surface area contributed by atoms with E-state index in [9.17, 15) is 4.79 Å². The van der Waals surface area contributed by atoms with Crippen LogP contribution < -0.4 is 11.1 Å². The zero-order valence-corrected chi connectivity index (χ0v) is 10.7. The van der Waals surface area contributed by atoms with Crippen molar-refractivity contribution in [3.8, 4) is 0 Å². The molecule has 1 aliphatic heterocycles. The molecule has 3 N–H and O–H groups in total.